The Morgan fingerprint density at radius 3 is 2.29 bits per heavy atom. The van der Waals surface area contributed by atoms with Gasteiger partial charge in [0.1, 0.15) is 5.01 Å². The second kappa shape index (κ2) is 7.47. The Bertz CT molecular complexity index is 959. The molecule has 1 aliphatic carbocycles. The molecule has 7 heteroatoms. The Hall–Kier alpha value is -2.54. The van der Waals surface area contributed by atoms with Crippen LogP contribution >= 0.6 is 11.3 Å². The molecule has 0 bridgehead atoms. The number of piperazine rings is 1. The molecule has 0 saturated carbocycles. The summed E-state index contributed by atoms with van der Waals surface area (Å²) in [5, 5.41) is 19.5. The summed E-state index contributed by atoms with van der Waals surface area (Å²) in [6.07, 6.45) is 5.01. The first kappa shape index (κ1) is 17.6. The maximum Gasteiger partial charge on any atom is 0.208 e. The first-order valence-electron chi connectivity index (χ1n) is 10.0. The number of aryl methyl sites for hydroxylation is 3. The Morgan fingerprint density at radius 2 is 1.57 bits per heavy atom. The molecule has 0 unspecified atom stereocenters. The zero-order chi connectivity index (χ0) is 18.9. The molecule has 28 heavy (non-hydrogen) atoms. The maximum absolute atomic E-state index is 4.53. The van der Waals surface area contributed by atoms with Crippen LogP contribution in [0.2, 0.25) is 0 Å². The van der Waals surface area contributed by atoms with Crippen molar-refractivity contribution in [1.82, 2.24) is 20.4 Å². The van der Waals surface area contributed by atoms with Crippen molar-refractivity contribution in [3.63, 3.8) is 0 Å². The molecule has 2 aliphatic rings. The molecule has 0 amide bonds. The SMILES string of the molecule is Cc1nnc(N2CCN(c3ccc(-c4ccc5c(c4)CCCC5)nn3)CC2)s1. The fourth-order valence-corrected chi connectivity index (χ4v) is 4.82. The lowest BCUT2D eigenvalue weighted by Gasteiger charge is -2.34. The van der Waals surface area contributed by atoms with Crippen molar-refractivity contribution >= 4 is 22.3 Å². The van der Waals surface area contributed by atoms with Crippen molar-refractivity contribution in [3.05, 3.63) is 46.5 Å². The van der Waals surface area contributed by atoms with E-state index in [2.05, 4.69) is 60.5 Å². The monoisotopic (exact) mass is 392 g/mol. The van der Waals surface area contributed by atoms with Gasteiger partial charge in [0.25, 0.3) is 0 Å². The minimum atomic E-state index is 0.922. The minimum Gasteiger partial charge on any atom is -0.352 e. The van der Waals surface area contributed by atoms with Gasteiger partial charge in [0, 0.05) is 31.7 Å². The molecule has 144 valence electrons. The topological polar surface area (TPSA) is 58.0 Å². The predicted octanol–water partition coefficient (Wildman–Crippen LogP) is 3.51. The van der Waals surface area contributed by atoms with E-state index in [0.717, 1.165) is 47.8 Å². The van der Waals surface area contributed by atoms with Crippen LogP contribution in [0.15, 0.2) is 30.3 Å². The van der Waals surface area contributed by atoms with Crippen LogP contribution in [-0.2, 0) is 12.8 Å². The number of hydrogen-bond donors (Lipinski definition) is 0. The third-order valence-corrected chi connectivity index (χ3v) is 6.58. The fraction of sp³-hybridized carbons (Fsp3) is 0.429. The van der Waals surface area contributed by atoms with Crippen molar-refractivity contribution in [2.75, 3.05) is 36.0 Å². The Labute approximate surface area is 169 Å². The van der Waals surface area contributed by atoms with Crippen molar-refractivity contribution in [3.8, 4) is 11.3 Å². The highest BCUT2D eigenvalue weighted by molar-refractivity contribution is 7.15. The predicted molar refractivity (Wildman–Crippen MR) is 113 cm³/mol. The van der Waals surface area contributed by atoms with Gasteiger partial charge in [-0.05, 0) is 61.9 Å². The molecule has 0 spiro atoms. The van der Waals surface area contributed by atoms with Crippen LogP contribution in [0.3, 0.4) is 0 Å². The summed E-state index contributed by atoms with van der Waals surface area (Å²) in [7, 11) is 0. The van der Waals surface area contributed by atoms with Crippen LogP contribution in [0, 0.1) is 6.92 Å². The molecule has 6 nitrogen and oxygen atoms in total. The Balaban J connectivity index is 1.27. The largest absolute Gasteiger partial charge is 0.352 e. The van der Waals surface area contributed by atoms with E-state index in [1.165, 1.54) is 42.4 Å². The molecule has 0 atom stereocenters. The van der Waals surface area contributed by atoms with E-state index in [9.17, 15) is 0 Å². The lowest BCUT2D eigenvalue weighted by atomic mass is 9.90. The van der Waals surface area contributed by atoms with Crippen LogP contribution in [0.5, 0.6) is 0 Å². The van der Waals surface area contributed by atoms with Crippen molar-refractivity contribution in [2.45, 2.75) is 32.6 Å². The number of rotatable bonds is 3. The summed E-state index contributed by atoms with van der Waals surface area (Å²) in [4.78, 5) is 4.60. The number of benzene rings is 1. The molecule has 1 aliphatic heterocycles. The van der Waals surface area contributed by atoms with E-state index in [-0.39, 0.29) is 0 Å². The Morgan fingerprint density at radius 1 is 0.786 bits per heavy atom. The zero-order valence-electron chi connectivity index (χ0n) is 16.1. The molecule has 3 aromatic rings. The molecule has 0 N–H and O–H groups in total. The zero-order valence-corrected chi connectivity index (χ0v) is 17.0. The lowest BCUT2D eigenvalue weighted by Crippen LogP contribution is -2.46. The number of fused-ring (bicyclic) bond motifs is 1. The van der Waals surface area contributed by atoms with Crippen LogP contribution in [0.4, 0.5) is 10.9 Å². The van der Waals surface area contributed by atoms with Gasteiger partial charge >= 0.3 is 0 Å². The normalized spacial score (nSPS) is 16.9. The van der Waals surface area contributed by atoms with Crippen LogP contribution in [0.1, 0.15) is 29.0 Å². The summed E-state index contributed by atoms with van der Waals surface area (Å²) in [5.74, 6) is 0.954. The van der Waals surface area contributed by atoms with Gasteiger partial charge in [0.15, 0.2) is 5.82 Å². The molecule has 0 radical (unpaired) electrons. The number of hydrogen-bond acceptors (Lipinski definition) is 7. The Kier molecular flexibility index (Phi) is 4.68. The second-order valence-electron chi connectivity index (χ2n) is 7.55. The molecular formula is C21H24N6S. The molecule has 1 saturated heterocycles. The number of nitrogens with zero attached hydrogens (tertiary/aromatic N) is 6. The number of aromatic nitrogens is 4. The average Bonchev–Trinajstić information content (AvgIpc) is 3.20. The second-order valence-corrected chi connectivity index (χ2v) is 8.71. The summed E-state index contributed by atoms with van der Waals surface area (Å²) in [6.45, 7) is 5.71. The minimum absolute atomic E-state index is 0.922. The van der Waals surface area contributed by atoms with E-state index < -0.39 is 0 Å². The van der Waals surface area contributed by atoms with Gasteiger partial charge in [-0.3, -0.25) is 0 Å². The quantitative estimate of drug-likeness (QED) is 0.680. The molecule has 5 rings (SSSR count). The highest BCUT2D eigenvalue weighted by Gasteiger charge is 2.21. The van der Waals surface area contributed by atoms with E-state index >= 15 is 0 Å². The van der Waals surface area contributed by atoms with Gasteiger partial charge in [0.2, 0.25) is 5.13 Å². The van der Waals surface area contributed by atoms with Gasteiger partial charge in [0.05, 0.1) is 5.69 Å². The van der Waals surface area contributed by atoms with Gasteiger partial charge < -0.3 is 9.80 Å². The summed E-state index contributed by atoms with van der Waals surface area (Å²) < 4.78 is 0. The van der Waals surface area contributed by atoms with E-state index in [1.54, 1.807) is 11.3 Å². The third-order valence-electron chi connectivity index (χ3n) is 5.68. The van der Waals surface area contributed by atoms with Gasteiger partial charge in [-0.15, -0.1) is 20.4 Å². The highest BCUT2D eigenvalue weighted by Crippen LogP contribution is 2.27. The highest BCUT2D eigenvalue weighted by atomic mass is 32.1. The maximum atomic E-state index is 4.53. The molecule has 3 heterocycles. The summed E-state index contributed by atoms with van der Waals surface area (Å²) >= 11 is 1.66. The molecule has 1 aromatic carbocycles. The standard InChI is InChI=1S/C21H24N6S/c1-15-22-25-21(28-15)27-12-10-26(11-13-27)20-9-8-19(23-24-20)18-7-6-16-4-2-3-5-17(16)14-18/h6-9,14H,2-5,10-13H2,1H3. The van der Waals surface area contributed by atoms with Crippen molar-refractivity contribution in [1.29, 1.82) is 0 Å². The van der Waals surface area contributed by atoms with Gasteiger partial charge in [-0.1, -0.05) is 23.5 Å². The van der Waals surface area contributed by atoms with Crippen molar-refractivity contribution < 1.29 is 0 Å². The summed E-state index contributed by atoms with van der Waals surface area (Å²) in [6, 6.07) is 11.0. The number of anilines is 2. The average molecular weight is 393 g/mol. The van der Waals surface area contributed by atoms with Crippen LogP contribution in [0.25, 0.3) is 11.3 Å². The smallest absolute Gasteiger partial charge is 0.208 e. The third kappa shape index (κ3) is 3.46. The van der Waals surface area contributed by atoms with E-state index in [0.29, 0.717) is 0 Å². The molecule has 1 fully saturated rings. The lowest BCUT2D eigenvalue weighted by molar-refractivity contribution is 0.640. The van der Waals surface area contributed by atoms with Crippen LogP contribution in [-0.4, -0.2) is 46.6 Å². The van der Waals surface area contributed by atoms with E-state index in [1.807, 2.05) is 6.92 Å². The van der Waals surface area contributed by atoms with Crippen molar-refractivity contribution in [2.24, 2.45) is 0 Å². The first-order chi connectivity index (χ1) is 13.8. The van der Waals surface area contributed by atoms with Crippen LogP contribution < -0.4 is 9.80 Å². The summed E-state index contributed by atoms with van der Waals surface area (Å²) in [5.41, 5.74) is 5.12. The van der Waals surface area contributed by atoms with Gasteiger partial charge in [-0.25, -0.2) is 0 Å². The first-order valence-corrected chi connectivity index (χ1v) is 10.8. The van der Waals surface area contributed by atoms with Gasteiger partial charge in [-0.2, -0.15) is 0 Å². The fourth-order valence-electron chi connectivity index (χ4n) is 4.08. The van der Waals surface area contributed by atoms with E-state index in [4.69, 9.17) is 0 Å². The molecule has 2 aromatic heterocycles. The molecular weight excluding hydrogens is 368 g/mol.